The topological polar surface area (TPSA) is 38.8 Å². The van der Waals surface area contributed by atoms with Gasteiger partial charge in [0.1, 0.15) is 6.61 Å². The second-order valence-corrected chi connectivity index (χ2v) is 4.27. The van der Waals surface area contributed by atoms with Crippen LogP contribution < -0.4 is 4.90 Å². The molecule has 1 rings (SSSR count). The van der Waals surface area contributed by atoms with E-state index in [0.29, 0.717) is 13.2 Å². The number of aryl methyl sites for hydroxylation is 1. The zero-order valence-corrected chi connectivity index (χ0v) is 12.0. The Balaban J connectivity index is 2.33. The van der Waals surface area contributed by atoms with E-state index in [2.05, 4.69) is 43.0 Å². The molecule has 106 valence electrons. The number of hydrogen-bond acceptors (Lipinski definition) is 4. The number of hydrogen-bond donors (Lipinski definition) is 0. The van der Waals surface area contributed by atoms with E-state index in [1.807, 2.05) is 0 Å². The molecule has 0 aliphatic carbocycles. The lowest BCUT2D eigenvalue weighted by atomic mass is 10.2. The first-order valence-corrected chi connectivity index (χ1v) is 6.72. The Hall–Kier alpha value is -1.55. The van der Waals surface area contributed by atoms with Gasteiger partial charge in [-0.1, -0.05) is 17.7 Å². The number of anilines is 1. The van der Waals surface area contributed by atoms with Gasteiger partial charge in [-0.3, -0.25) is 0 Å². The highest BCUT2D eigenvalue weighted by molar-refractivity contribution is 5.70. The Labute approximate surface area is 115 Å². The molecule has 4 nitrogen and oxygen atoms in total. The molecule has 4 heteroatoms. The van der Waals surface area contributed by atoms with E-state index in [0.717, 1.165) is 13.1 Å². The first-order chi connectivity index (χ1) is 9.17. The van der Waals surface area contributed by atoms with Crippen molar-refractivity contribution in [2.24, 2.45) is 0 Å². The van der Waals surface area contributed by atoms with Crippen molar-refractivity contribution in [3.63, 3.8) is 0 Å². The van der Waals surface area contributed by atoms with E-state index in [9.17, 15) is 4.79 Å². The van der Waals surface area contributed by atoms with Crippen LogP contribution in [0.3, 0.4) is 0 Å². The fraction of sp³-hybridized carbons (Fsp3) is 0.533. The number of rotatable bonds is 8. The van der Waals surface area contributed by atoms with Crippen LogP contribution in [0.5, 0.6) is 0 Å². The molecule has 0 N–H and O–H groups in total. The first-order valence-electron chi connectivity index (χ1n) is 6.72. The second-order valence-electron chi connectivity index (χ2n) is 4.27. The maximum atomic E-state index is 11.1. The summed E-state index contributed by atoms with van der Waals surface area (Å²) in [6, 6.07) is 8.39. The van der Waals surface area contributed by atoms with Gasteiger partial charge < -0.3 is 14.4 Å². The number of benzene rings is 1. The number of nitrogens with zero attached hydrogens (tertiary/aromatic N) is 1. The van der Waals surface area contributed by atoms with E-state index in [1.54, 1.807) is 6.92 Å². The molecule has 0 aromatic heterocycles. The van der Waals surface area contributed by atoms with Crippen LogP contribution in [0.4, 0.5) is 5.69 Å². The van der Waals surface area contributed by atoms with Gasteiger partial charge in [0.2, 0.25) is 0 Å². The van der Waals surface area contributed by atoms with Gasteiger partial charge in [-0.25, -0.2) is 4.79 Å². The van der Waals surface area contributed by atoms with Gasteiger partial charge in [0.25, 0.3) is 0 Å². The van der Waals surface area contributed by atoms with Gasteiger partial charge in [-0.2, -0.15) is 0 Å². The van der Waals surface area contributed by atoms with E-state index in [1.165, 1.54) is 11.3 Å². The standard InChI is InChI=1S/C15H23NO3/c1-4-16(14-8-6-13(3)7-9-14)10-11-18-12-15(17)19-5-2/h6-9H,4-5,10-12H2,1-3H3. The second kappa shape index (κ2) is 8.53. The highest BCUT2D eigenvalue weighted by Crippen LogP contribution is 2.14. The van der Waals surface area contributed by atoms with Crippen molar-refractivity contribution in [3.8, 4) is 0 Å². The third-order valence-electron chi connectivity index (χ3n) is 2.81. The lowest BCUT2D eigenvalue weighted by Crippen LogP contribution is -2.28. The van der Waals surface area contributed by atoms with Crippen molar-refractivity contribution in [2.75, 3.05) is 37.8 Å². The Morgan fingerprint density at radius 2 is 1.89 bits per heavy atom. The van der Waals surface area contributed by atoms with Crippen LogP contribution in [-0.2, 0) is 14.3 Å². The predicted octanol–water partition coefficient (Wildman–Crippen LogP) is 2.40. The van der Waals surface area contributed by atoms with Crippen LogP contribution in [-0.4, -0.2) is 38.9 Å². The van der Waals surface area contributed by atoms with Crippen molar-refractivity contribution in [2.45, 2.75) is 20.8 Å². The van der Waals surface area contributed by atoms with Gasteiger partial charge in [-0.05, 0) is 32.9 Å². The summed E-state index contributed by atoms with van der Waals surface area (Å²) in [5.74, 6) is -0.305. The zero-order valence-electron chi connectivity index (χ0n) is 12.0. The first kappa shape index (κ1) is 15.5. The molecule has 1 aromatic carbocycles. The lowest BCUT2D eigenvalue weighted by Gasteiger charge is -2.23. The minimum atomic E-state index is -0.305. The monoisotopic (exact) mass is 265 g/mol. The molecule has 19 heavy (non-hydrogen) atoms. The molecule has 1 aromatic rings. The number of ether oxygens (including phenoxy) is 2. The average molecular weight is 265 g/mol. The molecule has 0 saturated heterocycles. The number of carbonyl (C=O) groups excluding carboxylic acids is 1. The molecule has 0 aliphatic rings. The summed E-state index contributed by atoms with van der Waals surface area (Å²) in [6.07, 6.45) is 0. The molecule has 0 atom stereocenters. The Morgan fingerprint density at radius 1 is 1.21 bits per heavy atom. The summed E-state index contributed by atoms with van der Waals surface area (Å²) in [5.41, 5.74) is 2.42. The quantitative estimate of drug-likeness (QED) is 0.534. The minimum Gasteiger partial charge on any atom is -0.464 e. The lowest BCUT2D eigenvalue weighted by molar-refractivity contribution is -0.148. The molecular weight excluding hydrogens is 242 g/mol. The van der Waals surface area contributed by atoms with Crippen molar-refractivity contribution < 1.29 is 14.3 Å². The molecule has 0 saturated carbocycles. The van der Waals surface area contributed by atoms with Gasteiger partial charge in [-0.15, -0.1) is 0 Å². The van der Waals surface area contributed by atoms with Gasteiger partial charge in [0, 0.05) is 18.8 Å². The van der Waals surface area contributed by atoms with E-state index in [4.69, 9.17) is 9.47 Å². The molecule has 0 aliphatic heterocycles. The molecule has 0 unspecified atom stereocenters. The Bertz CT molecular complexity index is 375. The maximum Gasteiger partial charge on any atom is 0.332 e. The molecule has 0 amide bonds. The number of carbonyl (C=O) groups is 1. The third-order valence-corrected chi connectivity index (χ3v) is 2.81. The highest BCUT2D eigenvalue weighted by Gasteiger charge is 2.05. The summed E-state index contributed by atoms with van der Waals surface area (Å²) < 4.78 is 10.1. The van der Waals surface area contributed by atoms with Crippen LogP contribution >= 0.6 is 0 Å². The summed E-state index contributed by atoms with van der Waals surface area (Å²) in [6.45, 7) is 8.57. The van der Waals surface area contributed by atoms with Crippen molar-refractivity contribution in [1.82, 2.24) is 0 Å². The number of esters is 1. The molecule has 0 heterocycles. The Kier molecular flexibility index (Phi) is 6.97. The summed E-state index contributed by atoms with van der Waals surface area (Å²) in [7, 11) is 0. The number of likely N-dealkylation sites (N-methyl/N-ethyl adjacent to an activating group) is 1. The minimum absolute atomic E-state index is 0.0271. The summed E-state index contributed by atoms with van der Waals surface area (Å²) in [4.78, 5) is 13.3. The summed E-state index contributed by atoms with van der Waals surface area (Å²) in [5, 5.41) is 0. The van der Waals surface area contributed by atoms with Gasteiger partial charge >= 0.3 is 5.97 Å². The van der Waals surface area contributed by atoms with E-state index < -0.39 is 0 Å². The van der Waals surface area contributed by atoms with Crippen LogP contribution in [0, 0.1) is 6.92 Å². The largest absolute Gasteiger partial charge is 0.464 e. The van der Waals surface area contributed by atoms with Crippen LogP contribution in [0.2, 0.25) is 0 Å². The van der Waals surface area contributed by atoms with Crippen molar-refractivity contribution >= 4 is 11.7 Å². The zero-order chi connectivity index (χ0) is 14.1. The molecule has 0 bridgehead atoms. The highest BCUT2D eigenvalue weighted by atomic mass is 16.6. The third kappa shape index (κ3) is 5.75. The molecule has 0 radical (unpaired) electrons. The summed E-state index contributed by atoms with van der Waals surface area (Å²) >= 11 is 0. The van der Waals surface area contributed by atoms with E-state index >= 15 is 0 Å². The van der Waals surface area contributed by atoms with Gasteiger partial charge in [0.15, 0.2) is 0 Å². The SMILES string of the molecule is CCOC(=O)COCCN(CC)c1ccc(C)cc1. The predicted molar refractivity (Wildman–Crippen MR) is 76.5 cm³/mol. The van der Waals surface area contributed by atoms with Crippen molar-refractivity contribution in [3.05, 3.63) is 29.8 Å². The normalized spacial score (nSPS) is 10.3. The fourth-order valence-electron chi connectivity index (χ4n) is 1.76. The maximum absolute atomic E-state index is 11.1. The van der Waals surface area contributed by atoms with Gasteiger partial charge in [0.05, 0.1) is 13.2 Å². The fourth-order valence-corrected chi connectivity index (χ4v) is 1.76. The average Bonchev–Trinajstić information content (AvgIpc) is 2.41. The molecule has 0 spiro atoms. The van der Waals surface area contributed by atoms with Crippen LogP contribution in [0.1, 0.15) is 19.4 Å². The van der Waals surface area contributed by atoms with Crippen LogP contribution in [0.25, 0.3) is 0 Å². The van der Waals surface area contributed by atoms with Crippen molar-refractivity contribution in [1.29, 1.82) is 0 Å². The van der Waals surface area contributed by atoms with Crippen LogP contribution in [0.15, 0.2) is 24.3 Å². The van der Waals surface area contributed by atoms with E-state index in [-0.39, 0.29) is 12.6 Å². The smallest absolute Gasteiger partial charge is 0.332 e. The molecular formula is C15H23NO3. The molecule has 0 fully saturated rings. The Morgan fingerprint density at radius 3 is 2.47 bits per heavy atom.